The van der Waals surface area contributed by atoms with E-state index < -0.39 is 0 Å². The van der Waals surface area contributed by atoms with Gasteiger partial charge in [0.15, 0.2) is 5.17 Å². The second kappa shape index (κ2) is 10.5. The highest BCUT2D eigenvalue weighted by atomic mass is 32.2. The van der Waals surface area contributed by atoms with Gasteiger partial charge in [-0.2, -0.15) is 0 Å². The predicted molar refractivity (Wildman–Crippen MR) is 131 cm³/mol. The zero-order valence-electron chi connectivity index (χ0n) is 18.6. The van der Waals surface area contributed by atoms with E-state index >= 15 is 0 Å². The lowest BCUT2D eigenvalue weighted by molar-refractivity contribution is -0.141. The normalized spacial score (nSPS) is 16.3. The maximum Gasteiger partial charge on any atom is 0.325 e. The van der Waals surface area contributed by atoms with Gasteiger partial charge < -0.3 is 14.0 Å². The molecule has 1 aliphatic heterocycles. The van der Waals surface area contributed by atoms with Gasteiger partial charge in [0.1, 0.15) is 6.54 Å². The number of hydrogen-bond acceptors (Lipinski definition) is 6. The Morgan fingerprint density at radius 1 is 1.12 bits per heavy atom. The van der Waals surface area contributed by atoms with Crippen LogP contribution in [0.25, 0.3) is 17.0 Å². The molecule has 1 saturated heterocycles. The number of fused-ring (bicyclic) bond motifs is 1. The summed E-state index contributed by atoms with van der Waals surface area (Å²) in [6, 6.07) is 17.3. The van der Waals surface area contributed by atoms with Crippen molar-refractivity contribution in [2.75, 3.05) is 26.9 Å². The smallest absolute Gasteiger partial charge is 0.325 e. The number of carbonyl (C=O) groups is 2. The van der Waals surface area contributed by atoms with E-state index in [1.54, 1.807) is 4.90 Å². The van der Waals surface area contributed by atoms with Crippen molar-refractivity contribution in [2.24, 2.45) is 4.99 Å². The minimum atomic E-state index is -0.333. The van der Waals surface area contributed by atoms with Crippen molar-refractivity contribution in [3.8, 4) is 0 Å². The van der Waals surface area contributed by atoms with Crippen LogP contribution >= 0.6 is 11.8 Å². The number of methoxy groups -OCH3 is 1. The summed E-state index contributed by atoms with van der Waals surface area (Å²) in [5, 5.41) is 1.58. The van der Waals surface area contributed by atoms with E-state index in [0.717, 1.165) is 22.2 Å². The number of hydrogen-bond donors (Lipinski definition) is 0. The SMILES string of the molecule is CCOCCN1C(=O)/C(=C/c2cn(CC(=O)OC)c3ccccc23)SC1=Nc1ccccc1. The lowest BCUT2D eigenvalue weighted by atomic mass is 10.1. The third-order valence-corrected chi connectivity index (χ3v) is 6.17. The summed E-state index contributed by atoms with van der Waals surface area (Å²) in [6.45, 7) is 3.47. The first kappa shape index (κ1) is 22.8. The molecule has 170 valence electrons. The number of thioether (sulfide) groups is 1. The largest absolute Gasteiger partial charge is 0.468 e. The number of esters is 1. The summed E-state index contributed by atoms with van der Waals surface area (Å²) in [5.41, 5.74) is 2.54. The molecule has 2 aromatic carbocycles. The number of amides is 1. The molecular weight excluding hydrogens is 438 g/mol. The summed E-state index contributed by atoms with van der Waals surface area (Å²) < 4.78 is 12.1. The number of benzene rings is 2. The number of aliphatic imine (C=N–C) groups is 1. The summed E-state index contributed by atoms with van der Waals surface area (Å²) in [5.74, 6) is -0.445. The fraction of sp³-hybridized carbons (Fsp3) is 0.240. The number of aromatic nitrogens is 1. The number of carbonyl (C=O) groups excluding carboxylic acids is 2. The Balaban J connectivity index is 1.70. The zero-order valence-corrected chi connectivity index (χ0v) is 19.4. The highest BCUT2D eigenvalue weighted by Crippen LogP contribution is 2.35. The third-order valence-electron chi connectivity index (χ3n) is 5.17. The molecule has 8 heteroatoms. The van der Waals surface area contributed by atoms with Crippen LogP contribution in [0, 0.1) is 0 Å². The molecular formula is C25H25N3O4S. The molecule has 1 fully saturated rings. The Kier molecular flexibility index (Phi) is 7.26. The molecule has 0 atom stereocenters. The first-order valence-electron chi connectivity index (χ1n) is 10.7. The summed E-state index contributed by atoms with van der Waals surface area (Å²) in [4.78, 5) is 32.1. The lowest BCUT2D eigenvalue weighted by Gasteiger charge is -2.15. The Morgan fingerprint density at radius 2 is 1.88 bits per heavy atom. The Morgan fingerprint density at radius 3 is 2.64 bits per heavy atom. The summed E-state index contributed by atoms with van der Waals surface area (Å²) >= 11 is 1.34. The van der Waals surface area contributed by atoms with Crippen molar-refractivity contribution >= 4 is 51.5 Å². The molecule has 0 bridgehead atoms. The molecule has 0 unspecified atom stereocenters. The maximum atomic E-state index is 13.3. The second-order valence-electron chi connectivity index (χ2n) is 7.30. The van der Waals surface area contributed by atoms with Crippen molar-refractivity contribution in [1.82, 2.24) is 9.47 Å². The molecule has 1 aliphatic rings. The van der Waals surface area contributed by atoms with E-state index in [2.05, 4.69) is 0 Å². The van der Waals surface area contributed by atoms with Gasteiger partial charge in [-0.1, -0.05) is 36.4 Å². The van der Waals surface area contributed by atoms with Crippen LogP contribution in [0.1, 0.15) is 12.5 Å². The van der Waals surface area contributed by atoms with Crippen LogP contribution in [0.15, 0.2) is 70.7 Å². The number of ether oxygens (including phenoxy) is 2. The van der Waals surface area contributed by atoms with Gasteiger partial charge >= 0.3 is 5.97 Å². The van der Waals surface area contributed by atoms with E-state index in [0.29, 0.717) is 29.8 Å². The first-order valence-corrected chi connectivity index (χ1v) is 11.5. The molecule has 33 heavy (non-hydrogen) atoms. The van der Waals surface area contributed by atoms with Crippen LogP contribution in [-0.2, 0) is 25.6 Å². The van der Waals surface area contributed by atoms with Gasteiger partial charge in [0.05, 0.1) is 30.9 Å². The van der Waals surface area contributed by atoms with Gasteiger partial charge in [-0.3, -0.25) is 14.5 Å². The van der Waals surface area contributed by atoms with E-state index in [1.165, 1.54) is 18.9 Å². The standard InChI is InChI=1S/C25H25N3O4S/c1-3-32-14-13-28-24(30)22(33-25(28)26-19-9-5-4-6-10-19)15-18-16-27(17-23(29)31-2)21-12-8-7-11-20(18)21/h4-12,15-16H,3,13-14,17H2,1-2H3/b22-15-,26-25?. The quantitative estimate of drug-likeness (QED) is 0.280. The monoisotopic (exact) mass is 463 g/mol. The van der Waals surface area contributed by atoms with Crippen LogP contribution in [0.2, 0.25) is 0 Å². The van der Waals surface area contributed by atoms with Gasteiger partial charge in [-0.05, 0) is 43.0 Å². The molecule has 7 nitrogen and oxygen atoms in total. The maximum absolute atomic E-state index is 13.3. The molecule has 2 heterocycles. The fourth-order valence-corrected chi connectivity index (χ4v) is 4.58. The van der Waals surface area contributed by atoms with Crippen LogP contribution in [0.3, 0.4) is 0 Å². The van der Waals surface area contributed by atoms with Crippen LogP contribution in [0.4, 0.5) is 5.69 Å². The van der Waals surface area contributed by atoms with E-state index in [9.17, 15) is 9.59 Å². The zero-order chi connectivity index (χ0) is 23.2. The summed E-state index contributed by atoms with van der Waals surface area (Å²) in [7, 11) is 1.37. The average Bonchev–Trinajstić information content (AvgIpc) is 3.32. The molecule has 4 rings (SSSR count). The first-order chi connectivity index (χ1) is 16.1. The predicted octanol–water partition coefficient (Wildman–Crippen LogP) is 4.45. The van der Waals surface area contributed by atoms with Crippen molar-refractivity contribution in [3.05, 3.63) is 71.3 Å². The van der Waals surface area contributed by atoms with E-state index in [4.69, 9.17) is 14.5 Å². The van der Waals surface area contributed by atoms with E-state index in [-0.39, 0.29) is 18.4 Å². The number of amidine groups is 1. The molecule has 0 aliphatic carbocycles. The molecule has 0 spiro atoms. The molecule has 1 amide bonds. The van der Waals surface area contributed by atoms with Crippen molar-refractivity contribution in [3.63, 3.8) is 0 Å². The molecule has 0 radical (unpaired) electrons. The number of nitrogens with zero attached hydrogens (tertiary/aromatic N) is 3. The minimum Gasteiger partial charge on any atom is -0.468 e. The average molecular weight is 464 g/mol. The van der Waals surface area contributed by atoms with Gasteiger partial charge in [0.2, 0.25) is 0 Å². The van der Waals surface area contributed by atoms with Gasteiger partial charge in [0.25, 0.3) is 5.91 Å². The van der Waals surface area contributed by atoms with Crippen LogP contribution in [0.5, 0.6) is 0 Å². The van der Waals surface area contributed by atoms with Gasteiger partial charge in [0, 0.05) is 29.3 Å². The Hall–Kier alpha value is -3.36. The second-order valence-corrected chi connectivity index (χ2v) is 8.31. The summed E-state index contributed by atoms with van der Waals surface area (Å²) in [6.07, 6.45) is 3.74. The Bertz CT molecular complexity index is 1220. The van der Waals surface area contributed by atoms with Crippen molar-refractivity contribution in [1.29, 1.82) is 0 Å². The minimum absolute atomic E-state index is 0.0997. The molecule has 0 N–H and O–H groups in total. The number of para-hydroxylation sites is 2. The van der Waals surface area contributed by atoms with Gasteiger partial charge in [-0.25, -0.2) is 4.99 Å². The van der Waals surface area contributed by atoms with Crippen molar-refractivity contribution < 1.29 is 19.1 Å². The van der Waals surface area contributed by atoms with E-state index in [1.807, 2.05) is 78.4 Å². The Labute approximate surface area is 196 Å². The molecule has 1 aromatic heterocycles. The van der Waals surface area contributed by atoms with Crippen LogP contribution in [-0.4, -0.2) is 53.4 Å². The number of rotatable bonds is 8. The fourth-order valence-electron chi connectivity index (χ4n) is 3.57. The van der Waals surface area contributed by atoms with Gasteiger partial charge in [-0.15, -0.1) is 0 Å². The highest BCUT2D eigenvalue weighted by molar-refractivity contribution is 8.18. The van der Waals surface area contributed by atoms with Crippen LogP contribution < -0.4 is 0 Å². The highest BCUT2D eigenvalue weighted by Gasteiger charge is 2.33. The molecule has 0 saturated carbocycles. The lowest BCUT2D eigenvalue weighted by Crippen LogP contribution is -2.32. The molecule has 3 aromatic rings. The third kappa shape index (κ3) is 5.18. The van der Waals surface area contributed by atoms with Crippen molar-refractivity contribution in [2.45, 2.75) is 13.5 Å². The topological polar surface area (TPSA) is 73.1 Å².